The van der Waals surface area contributed by atoms with E-state index in [2.05, 4.69) is 70.3 Å². The first-order valence-corrected chi connectivity index (χ1v) is 25.4. The standard InChI is InChI=1S/C54H75N3O9/c1-7-9-14-24-53(25-15-10-8-2)64-44-42-33-54(50(61)56(6)41(48(59)55-27-28-58)31-35-17-12-11-13-18-35)46(49(60)62-42)57(66-47(54)45(44)65-53)34-37-20-16-19-36(29-37)30-38-21-22-43-52(5,63-43)26-23-40-39(38)32-51(40,3)4/h11-13,16-20,29-30,39-47,58H,7-10,14-15,21-28,31-34H2,1-6H3,(H,55,59)/t39-,40-,41-,42-,43?,44+,45+,46-,47-,52-,54-/m1/s1. The third-order valence-electron chi connectivity index (χ3n) is 16.8. The quantitative estimate of drug-likeness (QED) is 0.0858. The number of hydroxylamine groups is 2. The lowest BCUT2D eigenvalue weighted by Gasteiger charge is -2.53. The maximum Gasteiger partial charge on any atom is 0.327 e. The number of esters is 1. The molecule has 0 aromatic heterocycles. The number of likely N-dealkylation sites (N-methyl/N-ethyl adjacent to an activating group) is 1. The van der Waals surface area contributed by atoms with Crippen molar-refractivity contribution in [1.82, 2.24) is 15.3 Å². The van der Waals surface area contributed by atoms with E-state index in [1.165, 1.54) is 23.3 Å². The summed E-state index contributed by atoms with van der Waals surface area (Å²) in [6.45, 7) is 11.5. The number of allylic oxidation sites excluding steroid dienone is 1. The van der Waals surface area contributed by atoms with Gasteiger partial charge in [0.2, 0.25) is 11.8 Å². The smallest absolute Gasteiger partial charge is 0.327 e. The third-order valence-corrected chi connectivity index (χ3v) is 16.8. The van der Waals surface area contributed by atoms with Crippen molar-refractivity contribution in [3.63, 3.8) is 0 Å². The van der Waals surface area contributed by atoms with Crippen molar-refractivity contribution in [3.8, 4) is 0 Å². The topological polar surface area (TPSA) is 139 Å². The number of hydrogen-bond acceptors (Lipinski definition) is 10. The summed E-state index contributed by atoms with van der Waals surface area (Å²) in [7, 11) is 1.65. The molecule has 2 amide bonds. The second kappa shape index (κ2) is 19.0. The number of nitrogens with one attached hydrogen (secondary N) is 1. The van der Waals surface area contributed by atoms with Crippen LogP contribution in [0, 0.1) is 22.7 Å². The zero-order valence-corrected chi connectivity index (χ0v) is 40.3. The molecular formula is C54H75N3O9. The molecule has 66 heavy (non-hydrogen) atoms. The van der Waals surface area contributed by atoms with Crippen LogP contribution in [0.1, 0.15) is 141 Å². The first kappa shape index (κ1) is 47.4. The summed E-state index contributed by atoms with van der Waals surface area (Å²) in [4.78, 5) is 53.1. The Morgan fingerprint density at radius 2 is 1.65 bits per heavy atom. The Labute approximate surface area is 392 Å². The summed E-state index contributed by atoms with van der Waals surface area (Å²) >= 11 is 0. The third kappa shape index (κ3) is 8.92. The van der Waals surface area contributed by atoms with E-state index in [0.717, 1.165) is 74.5 Å². The lowest BCUT2D eigenvalue weighted by molar-refractivity contribution is -0.225. The summed E-state index contributed by atoms with van der Waals surface area (Å²) < 4.78 is 26.8. The van der Waals surface area contributed by atoms with Gasteiger partial charge in [0.25, 0.3) is 0 Å². The molecule has 3 saturated carbocycles. The van der Waals surface area contributed by atoms with E-state index in [4.69, 9.17) is 23.8 Å². The number of fused-ring (bicyclic) bond motifs is 6. The maximum absolute atomic E-state index is 15.8. The van der Waals surface area contributed by atoms with Gasteiger partial charge in [-0.2, -0.15) is 5.06 Å². The minimum absolute atomic E-state index is 0.0166. The first-order chi connectivity index (χ1) is 31.7. The monoisotopic (exact) mass is 910 g/mol. The zero-order valence-electron chi connectivity index (χ0n) is 40.3. The highest BCUT2D eigenvalue weighted by atomic mass is 16.8. The van der Waals surface area contributed by atoms with E-state index < -0.39 is 53.7 Å². The normalized spacial score (nSPS) is 34.7. The van der Waals surface area contributed by atoms with Gasteiger partial charge in [0.15, 0.2) is 11.8 Å². The molecule has 0 radical (unpaired) electrons. The number of unbranched alkanes of at least 4 members (excludes halogenated alkanes) is 4. The van der Waals surface area contributed by atoms with Crippen LogP contribution in [0.3, 0.4) is 0 Å². The van der Waals surface area contributed by atoms with Crippen LogP contribution >= 0.6 is 0 Å². The Morgan fingerprint density at radius 1 is 0.924 bits per heavy atom. The molecule has 7 aliphatic rings. The molecule has 360 valence electrons. The first-order valence-electron chi connectivity index (χ1n) is 25.4. The van der Waals surface area contributed by atoms with E-state index in [9.17, 15) is 14.7 Å². The average Bonchev–Trinajstić information content (AvgIpc) is 3.58. The summed E-state index contributed by atoms with van der Waals surface area (Å²) in [5, 5.41) is 14.2. The molecule has 0 spiro atoms. The van der Waals surface area contributed by atoms with Crippen LogP contribution < -0.4 is 5.32 Å². The van der Waals surface area contributed by atoms with Crippen molar-refractivity contribution in [1.29, 1.82) is 0 Å². The van der Waals surface area contributed by atoms with Gasteiger partial charge in [-0.3, -0.25) is 19.2 Å². The van der Waals surface area contributed by atoms with Gasteiger partial charge in [0, 0.05) is 39.3 Å². The van der Waals surface area contributed by atoms with Crippen LogP contribution in [0.4, 0.5) is 0 Å². The molecular weight excluding hydrogens is 835 g/mol. The fourth-order valence-electron chi connectivity index (χ4n) is 13.1. The lowest BCUT2D eigenvalue weighted by Crippen LogP contribution is -2.70. The molecule has 1 unspecified atom stereocenters. The van der Waals surface area contributed by atoms with Gasteiger partial charge < -0.3 is 34.3 Å². The van der Waals surface area contributed by atoms with Crippen LogP contribution in [0.15, 0.2) is 60.2 Å². The van der Waals surface area contributed by atoms with Gasteiger partial charge in [0.05, 0.1) is 24.9 Å². The number of aliphatic hydroxyl groups is 1. The Balaban J connectivity index is 1.06. The van der Waals surface area contributed by atoms with Crippen LogP contribution in [0.2, 0.25) is 0 Å². The number of benzene rings is 2. The zero-order chi connectivity index (χ0) is 46.4. The highest BCUT2D eigenvalue weighted by Crippen LogP contribution is 2.61. The molecule has 3 aliphatic carbocycles. The molecule has 4 heterocycles. The molecule has 2 bridgehead atoms. The van der Waals surface area contributed by atoms with E-state index >= 15 is 4.79 Å². The summed E-state index contributed by atoms with van der Waals surface area (Å²) in [5.41, 5.74) is 3.29. The second-order valence-corrected chi connectivity index (χ2v) is 21.7. The SMILES string of the molecule is CCCCCC1(CCCCC)O[C@@H]2[C@H](O1)[C@H]1ON(Cc3cccc(C=C4CCC5O[C@]5(C)CC[C@@H]5[C@@H]4CC5(C)C)c3)[C@@H]3C(=O)O[C@@H]2C[C@]13C(=O)N(C)[C@H](Cc1ccccc1)C(=O)NCCO. The fraction of sp³-hybridized carbons (Fsp3) is 0.685. The van der Waals surface area contributed by atoms with Gasteiger partial charge >= 0.3 is 5.97 Å². The number of rotatable bonds is 18. The molecule has 4 aliphatic heterocycles. The number of amides is 2. The second-order valence-electron chi connectivity index (χ2n) is 21.7. The van der Waals surface area contributed by atoms with Gasteiger partial charge in [-0.25, -0.2) is 0 Å². The molecule has 2 aromatic carbocycles. The number of hydrogen-bond donors (Lipinski definition) is 2. The van der Waals surface area contributed by atoms with E-state index in [-0.39, 0.29) is 50.0 Å². The molecule has 2 N–H and O–H groups in total. The number of carbonyl (C=O) groups is 3. The van der Waals surface area contributed by atoms with Gasteiger partial charge in [-0.05, 0) is 85.8 Å². The molecule has 12 nitrogen and oxygen atoms in total. The van der Waals surface area contributed by atoms with Crippen molar-refractivity contribution >= 4 is 23.9 Å². The van der Waals surface area contributed by atoms with Crippen molar-refractivity contribution in [2.24, 2.45) is 22.7 Å². The van der Waals surface area contributed by atoms with Gasteiger partial charge in [0.1, 0.15) is 35.9 Å². The Bertz CT molecular complexity index is 2100. The Kier molecular flexibility index (Phi) is 13.7. The lowest BCUT2D eigenvalue weighted by atomic mass is 9.52. The van der Waals surface area contributed by atoms with E-state index in [1.54, 1.807) is 12.1 Å². The van der Waals surface area contributed by atoms with E-state index in [1.807, 2.05) is 30.3 Å². The predicted molar refractivity (Wildman–Crippen MR) is 250 cm³/mol. The molecule has 7 fully saturated rings. The Morgan fingerprint density at radius 3 is 2.36 bits per heavy atom. The number of aliphatic hydroxyl groups excluding tert-OH is 1. The van der Waals surface area contributed by atoms with Crippen molar-refractivity contribution < 1.29 is 43.3 Å². The van der Waals surface area contributed by atoms with Crippen LogP contribution in [0.5, 0.6) is 0 Å². The number of carbonyl (C=O) groups excluding carboxylic acids is 3. The molecule has 12 heteroatoms. The van der Waals surface area contributed by atoms with Crippen LogP contribution in [-0.2, 0) is 51.1 Å². The average molecular weight is 910 g/mol. The van der Waals surface area contributed by atoms with E-state index in [0.29, 0.717) is 36.2 Å². The number of epoxide rings is 1. The van der Waals surface area contributed by atoms with Gasteiger partial charge in [-0.1, -0.05) is 120 Å². The minimum Gasteiger partial charge on any atom is -0.458 e. The summed E-state index contributed by atoms with van der Waals surface area (Å²) in [6, 6.07) is 16.0. The largest absolute Gasteiger partial charge is 0.458 e. The predicted octanol–water partition coefficient (Wildman–Crippen LogP) is 8.08. The number of ether oxygens (including phenoxy) is 4. The van der Waals surface area contributed by atoms with Crippen LogP contribution in [0.25, 0.3) is 6.08 Å². The molecule has 4 saturated heterocycles. The highest BCUT2D eigenvalue weighted by Gasteiger charge is 2.77. The van der Waals surface area contributed by atoms with Gasteiger partial charge in [-0.15, -0.1) is 0 Å². The minimum atomic E-state index is -1.45. The maximum atomic E-state index is 15.8. The number of nitrogens with zero attached hydrogens (tertiary/aromatic N) is 2. The van der Waals surface area contributed by atoms with Crippen molar-refractivity contribution in [3.05, 3.63) is 76.9 Å². The van der Waals surface area contributed by atoms with Crippen molar-refractivity contribution in [2.45, 2.75) is 191 Å². The highest BCUT2D eigenvalue weighted by molar-refractivity contribution is 5.96. The van der Waals surface area contributed by atoms with Crippen molar-refractivity contribution in [2.75, 3.05) is 20.2 Å². The Hall–Kier alpha value is -3.65. The fourth-order valence-corrected chi connectivity index (χ4v) is 13.1. The summed E-state index contributed by atoms with van der Waals surface area (Å²) in [5.74, 6) is -1.02. The molecule has 9 rings (SSSR count). The molecule has 2 aromatic rings. The van der Waals surface area contributed by atoms with Crippen LogP contribution in [-0.4, -0.2) is 107 Å². The molecule has 11 atom stereocenters. The summed E-state index contributed by atoms with van der Waals surface area (Å²) in [6.07, 6.45) is 13.1.